The molecule has 0 bridgehead atoms. The molecule has 9 rings (SSSR count). The van der Waals surface area contributed by atoms with E-state index in [-0.39, 0.29) is 16.3 Å². The van der Waals surface area contributed by atoms with Gasteiger partial charge in [0, 0.05) is 31.0 Å². The van der Waals surface area contributed by atoms with Crippen molar-refractivity contribution in [3.05, 3.63) is 154 Å². The number of hydrogen-bond acceptors (Lipinski definition) is 2. The van der Waals surface area contributed by atoms with Crippen LogP contribution < -0.4 is 5.43 Å². The first-order valence-electron chi connectivity index (χ1n) is 15.7. The topological polar surface area (TPSA) is 17.1 Å². The Kier molecular flexibility index (Phi) is 5.39. The van der Waals surface area contributed by atoms with Gasteiger partial charge in [-0.15, -0.1) is 11.3 Å². The molecule has 0 N–H and O–H groups in total. The lowest BCUT2D eigenvalue weighted by molar-refractivity contribution is 0.662. The van der Waals surface area contributed by atoms with Gasteiger partial charge in [-0.25, -0.2) is 0 Å². The average Bonchev–Trinajstić information content (AvgIpc) is 3.45. The van der Waals surface area contributed by atoms with E-state index in [1.165, 1.54) is 55.6 Å². The molecule has 45 heavy (non-hydrogen) atoms. The van der Waals surface area contributed by atoms with Gasteiger partial charge in [0.05, 0.1) is 0 Å². The molecule has 2 aliphatic rings. The van der Waals surface area contributed by atoms with Crippen molar-refractivity contribution in [2.45, 2.75) is 38.5 Å². The minimum Gasteiger partial charge on any atom is -0.289 e. The van der Waals surface area contributed by atoms with Crippen molar-refractivity contribution in [1.29, 1.82) is 0 Å². The smallest absolute Gasteiger partial charge is 0.195 e. The van der Waals surface area contributed by atoms with Gasteiger partial charge in [0.15, 0.2) is 5.43 Å². The third-order valence-corrected chi connectivity index (χ3v) is 11.6. The van der Waals surface area contributed by atoms with Crippen LogP contribution in [0.15, 0.2) is 126 Å². The monoisotopic (exact) mass is 596 g/mol. The zero-order valence-electron chi connectivity index (χ0n) is 25.9. The molecule has 0 atom stereocenters. The predicted molar refractivity (Wildman–Crippen MR) is 192 cm³/mol. The second-order valence-electron chi connectivity index (χ2n) is 13.7. The van der Waals surface area contributed by atoms with Crippen LogP contribution in [0.5, 0.6) is 0 Å². The van der Waals surface area contributed by atoms with E-state index in [2.05, 4.69) is 149 Å². The van der Waals surface area contributed by atoms with Crippen molar-refractivity contribution < 1.29 is 0 Å². The molecule has 1 heterocycles. The van der Waals surface area contributed by atoms with E-state index in [9.17, 15) is 4.79 Å². The van der Waals surface area contributed by atoms with E-state index in [0.717, 1.165) is 31.3 Å². The van der Waals surface area contributed by atoms with Gasteiger partial charge >= 0.3 is 0 Å². The zero-order chi connectivity index (χ0) is 30.7. The summed E-state index contributed by atoms with van der Waals surface area (Å²) in [7, 11) is 0. The quantitative estimate of drug-likeness (QED) is 0.181. The van der Waals surface area contributed by atoms with E-state index >= 15 is 0 Å². The predicted octanol–water partition coefficient (Wildman–Crippen LogP) is 11.4. The molecule has 2 heteroatoms. The van der Waals surface area contributed by atoms with Crippen molar-refractivity contribution in [1.82, 2.24) is 0 Å². The highest BCUT2D eigenvalue weighted by molar-refractivity contribution is 7.24. The molecule has 2 aliphatic carbocycles. The number of rotatable bonds is 2. The fraction of sp³-hybridized carbons (Fsp3) is 0.140. The van der Waals surface area contributed by atoms with E-state index in [1.807, 2.05) is 0 Å². The van der Waals surface area contributed by atoms with Crippen LogP contribution in [-0.4, -0.2) is 0 Å². The van der Waals surface area contributed by atoms with Gasteiger partial charge in [-0.1, -0.05) is 125 Å². The van der Waals surface area contributed by atoms with Crippen LogP contribution in [0, 0.1) is 0 Å². The Morgan fingerprint density at radius 3 is 1.31 bits per heavy atom. The van der Waals surface area contributed by atoms with Crippen LogP contribution in [0.3, 0.4) is 0 Å². The molecule has 6 aromatic carbocycles. The van der Waals surface area contributed by atoms with Gasteiger partial charge in [0.25, 0.3) is 0 Å². The van der Waals surface area contributed by atoms with Gasteiger partial charge in [0.1, 0.15) is 0 Å². The van der Waals surface area contributed by atoms with Crippen LogP contribution in [0.2, 0.25) is 0 Å². The van der Waals surface area contributed by atoms with Crippen LogP contribution in [0.25, 0.3) is 64.7 Å². The molecular formula is C43H32OS. The average molecular weight is 597 g/mol. The Morgan fingerprint density at radius 2 is 0.844 bits per heavy atom. The Balaban J connectivity index is 1.22. The highest BCUT2D eigenvalue weighted by Crippen LogP contribution is 2.53. The summed E-state index contributed by atoms with van der Waals surface area (Å²) in [5.74, 6) is 0. The molecular weight excluding hydrogens is 565 g/mol. The summed E-state index contributed by atoms with van der Waals surface area (Å²) in [5, 5.41) is 1.58. The van der Waals surface area contributed by atoms with Gasteiger partial charge in [-0.3, -0.25) is 4.79 Å². The Labute approximate surface area is 267 Å². The summed E-state index contributed by atoms with van der Waals surface area (Å²) in [6.45, 7) is 9.27. The normalized spacial score (nSPS) is 15.1. The highest BCUT2D eigenvalue weighted by atomic mass is 32.1. The molecule has 0 fully saturated rings. The van der Waals surface area contributed by atoms with Crippen LogP contribution in [0.4, 0.5) is 0 Å². The van der Waals surface area contributed by atoms with Gasteiger partial charge in [0.2, 0.25) is 0 Å². The van der Waals surface area contributed by atoms with E-state index in [1.54, 1.807) is 11.3 Å². The largest absolute Gasteiger partial charge is 0.289 e. The fourth-order valence-electron chi connectivity index (χ4n) is 8.37. The molecule has 1 nitrogen and oxygen atoms in total. The second-order valence-corrected chi connectivity index (χ2v) is 14.7. The fourth-order valence-corrected chi connectivity index (χ4v) is 9.40. The maximum Gasteiger partial charge on any atom is 0.195 e. The molecule has 0 saturated carbocycles. The van der Waals surface area contributed by atoms with E-state index in [4.69, 9.17) is 0 Å². The summed E-state index contributed by atoms with van der Waals surface area (Å²) in [6.07, 6.45) is 0. The maximum atomic E-state index is 14.3. The molecule has 0 saturated heterocycles. The van der Waals surface area contributed by atoms with Crippen molar-refractivity contribution in [2.75, 3.05) is 0 Å². The van der Waals surface area contributed by atoms with E-state index < -0.39 is 0 Å². The van der Waals surface area contributed by atoms with E-state index in [0.29, 0.717) is 0 Å². The molecule has 0 spiro atoms. The molecule has 216 valence electrons. The van der Waals surface area contributed by atoms with Crippen molar-refractivity contribution in [2.24, 2.45) is 0 Å². The summed E-state index contributed by atoms with van der Waals surface area (Å²) < 4.78 is 2.05. The minimum atomic E-state index is -0.123. The maximum absolute atomic E-state index is 14.3. The lowest BCUT2D eigenvalue weighted by atomic mass is 9.78. The molecule has 0 amide bonds. The summed E-state index contributed by atoms with van der Waals surface area (Å²) in [5.41, 5.74) is 15.1. The standard InChI is InChI=1S/C43H32OS/c1-42(2)35-17-7-5-11-29(35)31-15-9-13-27(39(31)42)25-19-21-37-33(23-25)41(44)34-24-26(20-22-38(34)45-37)28-14-10-16-32-30-12-6-8-18-36(30)43(3,4)40(28)32/h5-24H,1-4H3. The summed E-state index contributed by atoms with van der Waals surface area (Å²) >= 11 is 1.70. The zero-order valence-corrected chi connectivity index (χ0v) is 26.7. The third kappa shape index (κ3) is 3.58. The number of fused-ring (bicyclic) bond motifs is 8. The van der Waals surface area contributed by atoms with Crippen molar-refractivity contribution in [3.63, 3.8) is 0 Å². The SMILES string of the molecule is CC1(C)c2ccccc2-c2cccc(-c3ccc4sc5ccc(-c6cccc7c6C(C)(C)c6ccccc6-7)cc5c(=O)c4c3)c21. The number of benzene rings is 6. The number of hydrogen-bond donors (Lipinski definition) is 0. The Hall–Kier alpha value is -4.79. The first-order chi connectivity index (χ1) is 21.7. The summed E-state index contributed by atoms with van der Waals surface area (Å²) in [4.78, 5) is 14.3. The first-order valence-corrected chi connectivity index (χ1v) is 16.5. The third-order valence-electron chi connectivity index (χ3n) is 10.5. The van der Waals surface area contributed by atoms with Crippen LogP contribution in [0.1, 0.15) is 49.9 Å². The molecule has 0 unspecified atom stereocenters. The van der Waals surface area contributed by atoms with Crippen molar-refractivity contribution in [3.8, 4) is 44.5 Å². The molecule has 7 aromatic rings. The Morgan fingerprint density at radius 1 is 0.444 bits per heavy atom. The molecule has 1 aromatic heterocycles. The van der Waals surface area contributed by atoms with Crippen LogP contribution in [-0.2, 0) is 10.8 Å². The van der Waals surface area contributed by atoms with Gasteiger partial charge in [-0.05, 0) is 91.0 Å². The lowest BCUT2D eigenvalue weighted by Crippen LogP contribution is -2.16. The first kappa shape index (κ1) is 26.6. The molecule has 0 radical (unpaired) electrons. The Bertz CT molecular complexity index is 2290. The minimum absolute atomic E-state index is 0.104. The summed E-state index contributed by atoms with van der Waals surface area (Å²) in [6, 6.07) is 43.7. The van der Waals surface area contributed by atoms with Crippen molar-refractivity contribution >= 4 is 31.5 Å². The van der Waals surface area contributed by atoms with Crippen LogP contribution >= 0.6 is 11.3 Å². The second kappa shape index (κ2) is 9.12. The van der Waals surface area contributed by atoms with Gasteiger partial charge < -0.3 is 0 Å². The van der Waals surface area contributed by atoms with Gasteiger partial charge in [-0.2, -0.15) is 0 Å². The molecule has 0 aliphatic heterocycles. The highest BCUT2D eigenvalue weighted by Gasteiger charge is 2.38. The lowest BCUT2D eigenvalue weighted by Gasteiger charge is -2.24.